The van der Waals surface area contributed by atoms with Gasteiger partial charge in [-0.05, 0) is 36.8 Å². The first-order valence-electron chi connectivity index (χ1n) is 8.06. The molecule has 21 heavy (non-hydrogen) atoms. The van der Waals surface area contributed by atoms with Crippen molar-refractivity contribution >= 4 is 5.91 Å². The van der Waals surface area contributed by atoms with Crippen LogP contribution < -0.4 is 5.73 Å². The average Bonchev–Trinajstić information content (AvgIpc) is 2.93. The first-order chi connectivity index (χ1) is 10.0. The van der Waals surface area contributed by atoms with E-state index < -0.39 is 0 Å². The summed E-state index contributed by atoms with van der Waals surface area (Å²) in [6.45, 7) is 8.69. The SMILES string of the molecule is CCC(CC)(C(=O)N1CCC(C)(CN)C1)c1ccccc1. The van der Waals surface area contributed by atoms with E-state index in [-0.39, 0.29) is 16.7 Å². The van der Waals surface area contributed by atoms with Gasteiger partial charge in [-0.15, -0.1) is 0 Å². The van der Waals surface area contributed by atoms with Crippen LogP contribution in [-0.4, -0.2) is 30.4 Å². The molecule has 2 rings (SSSR count). The summed E-state index contributed by atoms with van der Waals surface area (Å²) in [7, 11) is 0. The van der Waals surface area contributed by atoms with Crippen LogP contribution in [0.4, 0.5) is 0 Å². The number of nitrogens with zero attached hydrogens (tertiary/aromatic N) is 1. The molecule has 1 aromatic carbocycles. The Labute approximate surface area is 128 Å². The van der Waals surface area contributed by atoms with Crippen molar-refractivity contribution in [2.75, 3.05) is 19.6 Å². The van der Waals surface area contributed by atoms with Crippen molar-refractivity contribution in [3.63, 3.8) is 0 Å². The molecule has 0 spiro atoms. The van der Waals surface area contributed by atoms with Crippen LogP contribution in [0.3, 0.4) is 0 Å². The van der Waals surface area contributed by atoms with Crippen molar-refractivity contribution in [2.24, 2.45) is 11.1 Å². The zero-order valence-electron chi connectivity index (χ0n) is 13.6. The van der Waals surface area contributed by atoms with Crippen molar-refractivity contribution in [2.45, 2.75) is 45.4 Å². The van der Waals surface area contributed by atoms with Gasteiger partial charge in [-0.2, -0.15) is 0 Å². The second kappa shape index (κ2) is 6.18. The Morgan fingerprint density at radius 1 is 1.29 bits per heavy atom. The van der Waals surface area contributed by atoms with E-state index >= 15 is 0 Å². The van der Waals surface area contributed by atoms with Gasteiger partial charge < -0.3 is 10.6 Å². The minimum atomic E-state index is -0.388. The fourth-order valence-electron chi connectivity index (χ4n) is 3.51. The minimum absolute atomic E-state index is 0.0829. The van der Waals surface area contributed by atoms with Gasteiger partial charge in [0.25, 0.3) is 0 Å². The maximum atomic E-state index is 13.2. The average molecular weight is 288 g/mol. The van der Waals surface area contributed by atoms with E-state index in [0.29, 0.717) is 6.54 Å². The van der Waals surface area contributed by atoms with Gasteiger partial charge in [0.2, 0.25) is 5.91 Å². The lowest BCUT2D eigenvalue weighted by Gasteiger charge is -2.35. The molecule has 0 aliphatic carbocycles. The normalized spacial score (nSPS) is 22.6. The fourth-order valence-corrected chi connectivity index (χ4v) is 3.51. The van der Waals surface area contributed by atoms with E-state index in [1.54, 1.807) is 0 Å². The molecule has 1 aliphatic heterocycles. The van der Waals surface area contributed by atoms with Crippen LogP contribution in [0.25, 0.3) is 0 Å². The molecule has 116 valence electrons. The number of hydrogen-bond acceptors (Lipinski definition) is 2. The van der Waals surface area contributed by atoms with Crippen LogP contribution in [0.2, 0.25) is 0 Å². The first kappa shape index (κ1) is 16.0. The third-order valence-corrected chi connectivity index (χ3v) is 5.28. The van der Waals surface area contributed by atoms with Crippen LogP contribution >= 0.6 is 0 Å². The van der Waals surface area contributed by atoms with Crippen LogP contribution in [0.1, 0.15) is 45.6 Å². The molecule has 0 bridgehead atoms. The highest BCUT2D eigenvalue weighted by molar-refractivity contribution is 5.88. The van der Waals surface area contributed by atoms with Crippen LogP contribution in [-0.2, 0) is 10.2 Å². The van der Waals surface area contributed by atoms with E-state index in [1.807, 2.05) is 23.1 Å². The van der Waals surface area contributed by atoms with Crippen LogP contribution in [0.15, 0.2) is 30.3 Å². The van der Waals surface area contributed by atoms with Crippen molar-refractivity contribution in [1.82, 2.24) is 4.90 Å². The Morgan fingerprint density at radius 2 is 1.90 bits per heavy atom. The van der Waals surface area contributed by atoms with Gasteiger partial charge in [-0.1, -0.05) is 51.1 Å². The smallest absolute Gasteiger partial charge is 0.233 e. The molecule has 1 amide bonds. The van der Waals surface area contributed by atoms with Gasteiger partial charge in [0.15, 0.2) is 0 Å². The highest BCUT2D eigenvalue weighted by Crippen LogP contribution is 2.37. The van der Waals surface area contributed by atoms with Crippen LogP contribution in [0, 0.1) is 5.41 Å². The van der Waals surface area contributed by atoms with E-state index in [2.05, 4.69) is 32.9 Å². The largest absolute Gasteiger partial charge is 0.341 e. The Hall–Kier alpha value is -1.35. The van der Waals surface area contributed by atoms with E-state index in [9.17, 15) is 4.79 Å². The number of likely N-dealkylation sites (tertiary alicyclic amines) is 1. The Bertz CT molecular complexity index is 481. The number of benzene rings is 1. The number of carbonyl (C=O) groups excluding carboxylic acids is 1. The fraction of sp³-hybridized carbons (Fsp3) is 0.611. The zero-order chi connectivity index (χ0) is 15.5. The third kappa shape index (κ3) is 2.84. The maximum absolute atomic E-state index is 13.2. The van der Waals surface area contributed by atoms with Crippen LogP contribution in [0.5, 0.6) is 0 Å². The van der Waals surface area contributed by atoms with Crippen molar-refractivity contribution < 1.29 is 4.79 Å². The minimum Gasteiger partial charge on any atom is -0.341 e. The predicted molar refractivity (Wildman–Crippen MR) is 87.1 cm³/mol. The van der Waals surface area contributed by atoms with Gasteiger partial charge in [0, 0.05) is 13.1 Å². The zero-order valence-corrected chi connectivity index (χ0v) is 13.6. The Kier molecular flexibility index (Phi) is 4.72. The second-order valence-electron chi connectivity index (χ2n) is 6.65. The van der Waals surface area contributed by atoms with E-state index in [4.69, 9.17) is 5.73 Å². The van der Waals surface area contributed by atoms with Gasteiger partial charge in [0.05, 0.1) is 5.41 Å². The molecule has 0 saturated carbocycles. The second-order valence-corrected chi connectivity index (χ2v) is 6.65. The summed E-state index contributed by atoms with van der Waals surface area (Å²) in [6.07, 6.45) is 2.68. The molecule has 3 heteroatoms. The van der Waals surface area contributed by atoms with Gasteiger partial charge in [-0.3, -0.25) is 4.79 Å². The summed E-state index contributed by atoms with van der Waals surface area (Å²) in [5, 5.41) is 0. The Balaban J connectivity index is 2.29. The lowest BCUT2D eigenvalue weighted by molar-refractivity contribution is -0.137. The number of hydrogen-bond donors (Lipinski definition) is 1. The summed E-state index contributed by atoms with van der Waals surface area (Å²) < 4.78 is 0. The van der Waals surface area contributed by atoms with Gasteiger partial charge in [-0.25, -0.2) is 0 Å². The number of amides is 1. The molecule has 0 radical (unpaired) electrons. The highest BCUT2D eigenvalue weighted by atomic mass is 16.2. The molecule has 1 heterocycles. The topological polar surface area (TPSA) is 46.3 Å². The molecular weight excluding hydrogens is 260 g/mol. The lowest BCUT2D eigenvalue weighted by Crippen LogP contribution is -2.46. The molecule has 1 aliphatic rings. The number of carbonyl (C=O) groups is 1. The van der Waals surface area contributed by atoms with Crippen molar-refractivity contribution in [3.05, 3.63) is 35.9 Å². The molecular formula is C18H28N2O. The molecule has 1 aromatic rings. The highest BCUT2D eigenvalue weighted by Gasteiger charge is 2.44. The third-order valence-electron chi connectivity index (χ3n) is 5.28. The monoisotopic (exact) mass is 288 g/mol. The maximum Gasteiger partial charge on any atom is 0.233 e. The first-order valence-corrected chi connectivity index (χ1v) is 8.06. The summed E-state index contributed by atoms with van der Waals surface area (Å²) in [5.74, 6) is 0.274. The van der Waals surface area contributed by atoms with E-state index in [1.165, 1.54) is 0 Å². The summed E-state index contributed by atoms with van der Waals surface area (Å²) in [4.78, 5) is 15.3. The number of rotatable bonds is 5. The standard InChI is InChI=1S/C18H28N2O/c1-4-18(5-2,15-9-7-6-8-10-15)16(21)20-12-11-17(3,13-19)14-20/h6-10H,4-5,11-14,19H2,1-3H3. The molecule has 1 atom stereocenters. The Morgan fingerprint density at radius 3 is 2.38 bits per heavy atom. The van der Waals surface area contributed by atoms with Gasteiger partial charge in [0.1, 0.15) is 0 Å². The summed E-state index contributed by atoms with van der Waals surface area (Å²) in [6, 6.07) is 10.2. The summed E-state index contributed by atoms with van der Waals surface area (Å²) in [5.41, 5.74) is 6.71. The lowest BCUT2D eigenvalue weighted by atomic mass is 9.74. The molecule has 1 fully saturated rings. The molecule has 3 nitrogen and oxygen atoms in total. The predicted octanol–water partition coefficient (Wildman–Crippen LogP) is 2.94. The quantitative estimate of drug-likeness (QED) is 0.905. The molecule has 2 N–H and O–H groups in total. The molecule has 1 unspecified atom stereocenters. The molecule has 0 aromatic heterocycles. The number of nitrogens with two attached hydrogens (primary N) is 1. The van der Waals surface area contributed by atoms with Gasteiger partial charge >= 0.3 is 0 Å². The summed E-state index contributed by atoms with van der Waals surface area (Å²) >= 11 is 0. The van der Waals surface area contributed by atoms with E-state index in [0.717, 1.165) is 37.9 Å². The van der Waals surface area contributed by atoms with Crippen molar-refractivity contribution in [3.8, 4) is 0 Å². The molecule has 1 saturated heterocycles. The van der Waals surface area contributed by atoms with Crippen molar-refractivity contribution in [1.29, 1.82) is 0 Å².